The van der Waals surface area contributed by atoms with Crippen molar-refractivity contribution in [3.05, 3.63) is 11.7 Å². The molecule has 1 aliphatic carbocycles. The Morgan fingerprint density at radius 2 is 2.12 bits per heavy atom. The average molecular weight is 335 g/mol. The van der Waals surface area contributed by atoms with Gasteiger partial charge in [0.15, 0.2) is 5.82 Å². The first kappa shape index (κ1) is 17.4. The molecule has 2 fully saturated rings. The molecule has 1 saturated heterocycles. The zero-order valence-electron chi connectivity index (χ0n) is 14.8. The number of carbonyl (C=O) groups is 1. The predicted molar refractivity (Wildman–Crippen MR) is 90.2 cm³/mol. The van der Waals surface area contributed by atoms with E-state index in [1.165, 1.54) is 12.8 Å². The van der Waals surface area contributed by atoms with Gasteiger partial charge in [-0.2, -0.15) is 4.98 Å². The molecule has 2 unspecified atom stereocenters. The smallest absolute Gasteiger partial charge is 0.239 e. The van der Waals surface area contributed by atoms with Crippen molar-refractivity contribution in [3.8, 4) is 0 Å². The summed E-state index contributed by atoms with van der Waals surface area (Å²) < 4.78 is 5.32. The first-order valence-corrected chi connectivity index (χ1v) is 9.17. The fourth-order valence-corrected chi connectivity index (χ4v) is 3.09. The van der Waals surface area contributed by atoms with E-state index in [4.69, 9.17) is 10.3 Å². The van der Waals surface area contributed by atoms with Gasteiger partial charge in [0.1, 0.15) is 0 Å². The van der Waals surface area contributed by atoms with Crippen molar-refractivity contribution in [1.29, 1.82) is 0 Å². The van der Waals surface area contributed by atoms with Crippen LogP contribution in [0, 0.1) is 5.92 Å². The summed E-state index contributed by atoms with van der Waals surface area (Å²) in [6, 6.07) is -0.389. The van der Waals surface area contributed by atoms with E-state index < -0.39 is 0 Å². The van der Waals surface area contributed by atoms with Crippen molar-refractivity contribution in [2.45, 2.75) is 58.0 Å². The van der Waals surface area contributed by atoms with Gasteiger partial charge < -0.3 is 15.2 Å². The van der Waals surface area contributed by atoms with E-state index in [9.17, 15) is 4.79 Å². The molecule has 1 aliphatic heterocycles. The molecule has 1 aromatic rings. The summed E-state index contributed by atoms with van der Waals surface area (Å²) in [5, 5.41) is 4.09. The van der Waals surface area contributed by atoms with E-state index >= 15 is 0 Å². The number of hydrogen-bond donors (Lipinski definition) is 1. The first-order valence-electron chi connectivity index (χ1n) is 9.17. The second-order valence-corrected chi connectivity index (χ2v) is 7.19. The Hall–Kier alpha value is -1.47. The molecule has 24 heavy (non-hydrogen) atoms. The second kappa shape index (κ2) is 7.61. The molecule has 1 aromatic heterocycles. The van der Waals surface area contributed by atoms with Crippen LogP contribution in [0.2, 0.25) is 0 Å². The minimum Gasteiger partial charge on any atom is -0.340 e. The minimum atomic E-state index is -0.389. The molecule has 0 radical (unpaired) electrons. The summed E-state index contributed by atoms with van der Waals surface area (Å²) in [5.74, 6) is 2.34. The van der Waals surface area contributed by atoms with Gasteiger partial charge in [-0.05, 0) is 25.2 Å². The molecule has 0 aromatic carbocycles. The van der Waals surface area contributed by atoms with Crippen molar-refractivity contribution in [1.82, 2.24) is 19.9 Å². The van der Waals surface area contributed by atoms with Crippen molar-refractivity contribution in [2.75, 3.05) is 26.2 Å². The Balaban J connectivity index is 1.51. The highest BCUT2D eigenvalue weighted by Crippen LogP contribution is 2.38. The molecule has 1 saturated carbocycles. The molecule has 134 valence electrons. The molecule has 7 heteroatoms. The number of nitrogens with two attached hydrogens (primary N) is 1. The highest BCUT2D eigenvalue weighted by atomic mass is 16.5. The Kier molecular flexibility index (Phi) is 5.50. The third-order valence-corrected chi connectivity index (χ3v) is 5.22. The number of hydrogen-bond acceptors (Lipinski definition) is 6. The zero-order chi connectivity index (χ0) is 17.1. The molecule has 0 bridgehead atoms. The number of rotatable bonds is 6. The normalized spacial score (nSPS) is 22.2. The highest BCUT2D eigenvalue weighted by Gasteiger charge is 2.30. The van der Waals surface area contributed by atoms with E-state index in [1.54, 1.807) is 0 Å². The van der Waals surface area contributed by atoms with Crippen LogP contribution in [0.1, 0.15) is 57.2 Å². The number of amides is 1. The molecular weight excluding hydrogens is 306 g/mol. The third-order valence-electron chi connectivity index (χ3n) is 5.22. The lowest BCUT2D eigenvalue weighted by atomic mass is 9.99. The molecule has 7 nitrogen and oxygen atoms in total. The lowest BCUT2D eigenvalue weighted by molar-refractivity contribution is -0.133. The van der Waals surface area contributed by atoms with Gasteiger partial charge in [-0.1, -0.05) is 25.4 Å². The lowest BCUT2D eigenvalue weighted by Gasteiger charge is -2.27. The predicted octanol–water partition coefficient (Wildman–Crippen LogP) is 1.35. The van der Waals surface area contributed by atoms with E-state index in [0.717, 1.165) is 50.7 Å². The monoisotopic (exact) mass is 335 g/mol. The number of nitrogens with zero attached hydrogens (tertiary/aromatic N) is 4. The van der Waals surface area contributed by atoms with Gasteiger partial charge in [0, 0.05) is 32.1 Å². The summed E-state index contributed by atoms with van der Waals surface area (Å²) in [6.45, 7) is 8.07. The van der Waals surface area contributed by atoms with Gasteiger partial charge in [0.2, 0.25) is 11.8 Å². The molecule has 0 spiro atoms. The maximum atomic E-state index is 12.5. The van der Waals surface area contributed by atoms with Gasteiger partial charge in [-0.25, -0.2) is 0 Å². The lowest BCUT2D eigenvalue weighted by Crippen LogP contribution is -2.48. The van der Waals surface area contributed by atoms with E-state index in [2.05, 4.69) is 22.0 Å². The summed E-state index contributed by atoms with van der Waals surface area (Å²) in [4.78, 5) is 21.3. The van der Waals surface area contributed by atoms with Gasteiger partial charge in [-0.3, -0.25) is 9.69 Å². The van der Waals surface area contributed by atoms with Crippen LogP contribution in [0.3, 0.4) is 0 Å². The SMILES string of the molecule is CCC(C)C(N)C(=O)N1CCCN(Cc2noc(C3CC3)n2)CC1. The fourth-order valence-electron chi connectivity index (χ4n) is 3.09. The third kappa shape index (κ3) is 4.13. The Bertz CT molecular complexity index is 557. The quantitative estimate of drug-likeness (QED) is 0.844. The fraction of sp³-hybridized carbons (Fsp3) is 0.824. The molecule has 2 N–H and O–H groups in total. The van der Waals surface area contributed by atoms with Crippen LogP contribution in [0.15, 0.2) is 4.52 Å². The molecule has 3 rings (SSSR count). The van der Waals surface area contributed by atoms with E-state index in [1.807, 2.05) is 11.8 Å². The minimum absolute atomic E-state index is 0.0850. The maximum absolute atomic E-state index is 12.5. The Morgan fingerprint density at radius 1 is 1.33 bits per heavy atom. The van der Waals surface area contributed by atoms with Crippen LogP contribution in [-0.2, 0) is 11.3 Å². The summed E-state index contributed by atoms with van der Waals surface area (Å²) >= 11 is 0. The van der Waals surface area contributed by atoms with Crippen LogP contribution in [0.5, 0.6) is 0 Å². The van der Waals surface area contributed by atoms with Gasteiger partial charge in [-0.15, -0.1) is 0 Å². The topological polar surface area (TPSA) is 88.5 Å². The second-order valence-electron chi connectivity index (χ2n) is 7.19. The maximum Gasteiger partial charge on any atom is 0.239 e. The van der Waals surface area contributed by atoms with Crippen LogP contribution >= 0.6 is 0 Å². The summed E-state index contributed by atoms with van der Waals surface area (Å²) in [6.07, 6.45) is 4.21. The molecular formula is C17H29N5O2. The number of carbonyl (C=O) groups excluding carboxylic acids is 1. The Labute approximate surface area is 143 Å². The van der Waals surface area contributed by atoms with Crippen molar-refractivity contribution >= 4 is 5.91 Å². The highest BCUT2D eigenvalue weighted by molar-refractivity contribution is 5.82. The summed E-state index contributed by atoms with van der Waals surface area (Å²) in [5.41, 5.74) is 6.11. The average Bonchev–Trinajstić information content (AvgIpc) is 3.38. The van der Waals surface area contributed by atoms with Crippen LogP contribution in [0.4, 0.5) is 0 Å². The van der Waals surface area contributed by atoms with Crippen LogP contribution in [-0.4, -0.2) is 58.1 Å². The zero-order valence-corrected chi connectivity index (χ0v) is 14.8. The Morgan fingerprint density at radius 3 is 2.83 bits per heavy atom. The van der Waals surface area contributed by atoms with Crippen molar-refractivity contribution in [3.63, 3.8) is 0 Å². The van der Waals surface area contributed by atoms with Crippen molar-refractivity contribution in [2.24, 2.45) is 11.7 Å². The van der Waals surface area contributed by atoms with Gasteiger partial charge in [0.25, 0.3) is 0 Å². The van der Waals surface area contributed by atoms with E-state index in [-0.39, 0.29) is 17.9 Å². The molecule has 2 aliphatic rings. The van der Waals surface area contributed by atoms with Crippen molar-refractivity contribution < 1.29 is 9.32 Å². The van der Waals surface area contributed by atoms with Crippen LogP contribution in [0.25, 0.3) is 0 Å². The van der Waals surface area contributed by atoms with Crippen LogP contribution < -0.4 is 5.73 Å². The standard InChI is InChI=1S/C17H29N5O2/c1-3-12(2)15(18)17(23)22-8-4-7-21(9-10-22)11-14-19-16(24-20-14)13-5-6-13/h12-13,15H,3-11,18H2,1-2H3. The van der Waals surface area contributed by atoms with E-state index in [0.29, 0.717) is 12.5 Å². The van der Waals surface area contributed by atoms with Gasteiger partial charge >= 0.3 is 0 Å². The number of aromatic nitrogens is 2. The molecule has 1 amide bonds. The molecule has 2 heterocycles. The first-order chi connectivity index (χ1) is 11.6. The summed E-state index contributed by atoms with van der Waals surface area (Å²) in [7, 11) is 0. The van der Waals surface area contributed by atoms with Gasteiger partial charge in [0.05, 0.1) is 12.6 Å². The molecule has 2 atom stereocenters. The largest absolute Gasteiger partial charge is 0.340 e.